The Labute approximate surface area is 176 Å². The van der Waals surface area contributed by atoms with E-state index in [1.54, 1.807) is 24.6 Å². The van der Waals surface area contributed by atoms with Crippen molar-refractivity contribution in [3.63, 3.8) is 0 Å². The van der Waals surface area contributed by atoms with Gasteiger partial charge in [0.05, 0.1) is 11.1 Å². The molecule has 13 heteroatoms. The van der Waals surface area contributed by atoms with Crippen molar-refractivity contribution >= 4 is 51.0 Å². The van der Waals surface area contributed by atoms with E-state index in [-0.39, 0.29) is 32.4 Å². The van der Waals surface area contributed by atoms with Crippen LogP contribution >= 0.6 is 23.2 Å². The molecule has 0 aliphatic rings. The van der Waals surface area contributed by atoms with Gasteiger partial charge in [0.1, 0.15) is 22.1 Å². The molecule has 0 unspecified atom stereocenters. The highest BCUT2D eigenvalue weighted by Gasteiger charge is 2.24. The number of nitrogens with zero attached hydrogens (tertiary/aromatic N) is 4. The summed E-state index contributed by atoms with van der Waals surface area (Å²) in [6.07, 6.45) is 0. The van der Waals surface area contributed by atoms with Crippen molar-refractivity contribution in [2.45, 2.75) is 24.3 Å². The van der Waals surface area contributed by atoms with E-state index in [4.69, 9.17) is 28.5 Å². The van der Waals surface area contributed by atoms with Crippen LogP contribution in [0, 0.1) is 22.7 Å². The van der Waals surface area contributed by atoms with Crippen LogP contribution in [0.2, 0.25) is 10.2 Å². The Morgan fingerprint density at radius 3 is 2.41 bits per heavy atom. The normalized spacial score (nSPS) is 11.1. The second-order valence-electron chi connectivity index (χ2n) is 6.03. The fourth-order valence-corrected chi connectivity index (χ4v) is 3.60. The zero-order valence-electron chi connectivity index (χ0n) is 15.0. The van der Waals surface area contributed by atoms with Gasteiger partial charge in [0.2, 0.25) is 5.95 Å². The predicted molar refractivity (Wildman–Crippen MR) is 106 cm³/mol. The van der Waals surface area contributed by atoms with Crippen LogP contribution in [0.25, 0.3) is 0 Å². The Bertz CT molecular complexity index is 1150. The first kappa shape index (κ1) is 22.2. The predicted octanol–water partition coefficient (Wildman–Crippen LogP) is 2.88. The van der Waals surface area contributed by atoms with Gasteiger partial charge in [-0.1, -0.05) is 35.3 Å². The maximum absolute atomic E-state index is 12.3. The molecule has 1 aromatic carbocycles. The first-order valence-electron chi connectivity index (χ1n) is 7.74. The molecule has 0 bridgehead atoms. The number of rotatable bonds is 5. The lowest BCUT2D eigenvalue weighted by atomic mass is 10.1. The third-order valence-electron chi connectivity index (χ3n) is 3.27. The topological polar surface area (TPSA) is 161 Å². The number of anilines is 2. The van der Waals surface area contributed by atoms with Crippen molar-refractivity contribution in [2.24, 2.45) is 0 Å². The SMILES string of the molecule is CC(C)(C#N)Nc1nc(Cl)c(C#N)c(NC(=O)NS(=O)(=O)c2ccccc2Cl)n1. The third-order valence-corrected chi connectivity index (χ3v) is 5.37. The largest absolute Gasteiger partial charge is 0.336 e. The molecule has 0 atom stereocenters. The molecule has 0 aliphatic carbocycles. The van der Waals surface area contributed by atoms with Gasteiger partial charge in [-0.3, -0.25) is 5.32 Å². The van der Waals surface area contributed by atoms with E-state index < -0.39 is 21.6 Å². The molecule has 1 heterocycles. The van der Waals surface area contributed by atoms with Crippen molar-refractivity contribution in [2.75, 3.05) is 10.6 Å². The molecule has 0 aliphatic heterocycles. The highest BCUT2D eigenvalue weighted by Crippen LogP contribution is 2.24. The number of hydrogen-bond donors (Lipinski definition) is 3. The highest BCUT2D eigenvalue weighted by atomic mass is 35.5. The Morgan fingerprint density at radius 2 is 1.83 bits per heavy atom. The Hall–Kier alpha value is -3.12. The number of urea groups is 1. The maximum Gasteiger partial charge on any atom is 0.334 e. The summed E-state index contributed by atoms with van der Waals surface area (Å²) in [5, 5.41) is 22.7. The molecule has 2 rings (SSSR count). The van der Waals surface area contributed by atoms with Gasteiger partial charge < -0.3 is 5.32 Å². The Morgan fingerprint density at radius 1 is 1.17 bits per heavy atom. The van der Waals surface area contributed by atoms with Crippen LogP contribution in [0.15, 0.2) is 29.2 Å². The number of benzene rings is 1. The first-order valence-corrected chi connectivity index (χ1v) is 9.98. The summed E-state index contributed by atoms with van der Waals surface area (Å²) in [4.78, 5) is 19.7. The van der Waals surface area contributed by atoms with Crippen LogP contribution < -0.4 is 15.4 Å². The first-order chi connectivity index (χ1) is 13.5. The molecule has 2 amide bonds. The van der Waals surface area contributed by atoms with Crippen LogP contribution in [0.1, 0.15) is 19.4 Å². The van der Waals surface area contributed by atoms with E-state index in [2.05, 4.69) is 20.6 Å². The third kappa shape index (κ3) is 5.45. The maximum atomic E-state index is 12.3. The molecule has 10 nitrogen and oxygen atoms in total. The second-order valence-corrected chi connectivity index (χ2v) is 8.44. The Kier molecular flexibility index (Phi) is 6.49. The summed E-state index contributed by atoms with van der Waals surface area (Å²) in [6.45, 7) is 3.08. The van der Waals surface area contributed by atoms with Gasteiger partial charge in [-0.15, -0.1) is 0 Å². The fourth-order valence-electron chi connectivity index (χ4n) is 1.96. The summed E-state index contributed by atoms with van der Waals surface area (Å²) < 4.78 is 26.4. The van der Waals surface area contributed by atoms with E-state index >= 15 is 0 Å². The smallest absolute Gasteiger partial charge is 0.334 e. The second kappa shape index (κ2) is 8.49. The van der Waals surface area contributed by atoms with Crippen LogP contribution in [0.3, 0.4) is 0 Å². The molecule has 0 radical (unpaired) electrons. The monoisotopic (exact) mass is 453 g/mol. The summed E-state index contributed by atoms with van der Waals surface area (Å²) in [6, 6.07) is 8.00. The highest BCUT2D eigenvalue weighted by molar-refractivity contribution is 7.90. The average Bonchev–Trinajstić information content (AvgIpc) is 2.61. The lowest BCUT2D eigenvalue weighted by Crippen LogP contribution is -2.35. The lowest BCUT2D eigenvalue weighted by Gasteiger charge is -2.18. The molecule has 0 spiro atoms. The number of sulfonamides is 1. The number of amides is 2. The van der Waals surface area contributed by atoms with Gasteiger partial charge in [0, 0.05) is 0 Å². The molecule has 2 aromatic rings. The number of nitrogens with one attached hydrogen (secondary N) is 3. The number of hydrogen-bond acceptors (Lipinski definition) is 8. The van der Waals surface area contributed by atoms with Crippen LogP contribution in [-0.4, -0.2) is 30.0 Å². The van der Waals surface area contributed by atoms with Crippen LogP contribution in [0.5, 0.6) is 0 Å². The minimum Gasteiger partial charge on any atom is -0.336 e. The van der Waals surface area contributed by atoms with Gasteiger partial charge in [0.25, 0.3) is 10.0 Å². The molecular weight excluding hydrogens is 441 g/mol. The molecule has 0 saturated heterocycles. The quantitative estimate of drug-likeness (QED) is 0.581. The lowest BCUT2D eigenvalue weighted by molar-refractivity contribution is 0.256. The summed E-state index contributed by atoms with van der Waals surface area (Å²) in [5.41, 5.74) is -1.37. The summed E-state index contributed by atoms with van der Waals surface area (Å²) in [7, 11) is -4.29. The van der Waals surface area contributed by atoms with Gasteiger partial charge >= 0.3 is 6.03 Å². The molecule has 0 saturated carbocycles. The van der Waals surface area contributed by atoms with E-state index in [0.29, 0.717) is 0 Å². The number of carbonyl (C=O) groups is 1. The van der Waals surface area contributed by atoms with E-state index in [0.717, 1.165) is 0 Å². The van der Waals surface area contributed by atoms with Gasteiger partial charge in [-0.05, 0) is 26.0 Å². The van der Waals surface area contributed by atoms with Crippen molar-refractivity contribution in [1.29, 1.82) is 10.5 Å². The number of nitriles is 2. The fraction of sp³-hybridized carbons (Fsp3) is 0.188. The van der Waals surface area contributed by atoms with Gasteiger partial charge in [0.15, 0.2) is 11.0 Å². The van der Waals surface area contributed by atoms with Gasteiger partial charge in [-0.25, -0.2) is 17.9 Å². The van der Waals surface area contributed by atoms with E-state index in [1.807, 2.05) is 6.07 Å². The molecular formula is C16H13Cl2N7O3S. The van der Waals surface area contributed by atoms with Crippen LogP contribution in [0.4, 0.5) is 16.6 Å². The molecule has 150 valence electrons. The zero-order valence-corrected chi connectivity index (χ0v) is 17.3. The minimum atomic E-state index is -4.29. The van der Waals surface area contributed by atoms with Crippen molar-refractivity contribution in [3.8, 4) is 12.1 Å². The molecule has 1 aromatic heterocycles. The number of halogens is 2. The van der Waals surface area contributed by atoms with Crippen LogP contribution in [-0.2, 0) is 10.0 Å². The zero-order chi connectivity index (χ0) is 21.8. The molecule has 3 N–H and O–H groups in total. The standard InChI is InChI=1S/C16H13Cl2N7O3S/c1-16(2,8-20)24-14-21-12(18)9(7-19)13(22-14)23-15(26)25-29(27,28)11-6-4-3-5-10(11)17/h3-6H,1-2H3,(H3,21,22,23,24,25,26). The van der Waals surface area contributed by atoms with E-state index in [1.165, 1.54) is 24.3 Å². The van der Waals surface area contributed by atoms with Gasteiger partial charge in [-0.2, -0.15) is 20.5 Å². The number of carbonyl (C=O) groups excluding carboxylic acids is 1. The Balaban J connectivity index is 2.32. The summed E-state index contributed by atoms with van der Waals surface area (Å²) in [5.74, 6) is -0.500. The van der Waals surface area contributed by atoms with E-state index in [9.17, 15) is 18.5 Å². The number of aromatic nitrogens is 2. The molecule has 0 fully saturated rings. The molecule has 29 heavy (non-hydrogen) atoms. The average molecular weight is 454 g/mol. The van der Waals surface area contributed by atoms with Crippen molar-refractivity contribution in [1.82, 2.24) is 14.7 Å². The van der Waals surface area contributed by atoms with Crippen molar-refractivity contribution < 1.29 is 13.2 Å². The summed E-state index contributed by atoms with van der Waals surface area (Å²) >= 11 is 11.8. The minimum absolute atomic E-state index is 0.0826. The van der Waals surface area contributed by atoms with Crippen molar-refractivity contribution in [3.05, 3.63) is 40.0 Å².